The quantitative estimate of drug-likeness (QED) is 0.837. The normalized spacial score (nSPS) is 23.7. The third kappa shape index (κ3) is 5.37. The fourth-order valence-electron chi connectivity index (χ4n) is 2.87. The minimum Gasteiger partial charge on any atom is -0.359 e. The molecule has 21 heavy (non-hydrogen) atoms. The molecule has 2 atom stereocenters. The maximum absolute atomic E-state index is 12.0. The molecule has 1 fully saturated rings. The van der Waals surface area contributed by atoms with E-state index in [2.05, 4.69) is 22.8 Å². The molecule has 1 saturated carbocycles. The molecule has 0 aliphatic heterocycles. The van der Waals surface area contributed by atoms with Gasteiger partial charge in [-0.2, -0.15) is 0 Å². The number of carbonyl (C=O) groups is 2. The molecule has 2 unspecified atom stereocenters. The summed E-state index contributed by atoms with van der Waals surface area (Å²) < 4.78 is 0. The lowest BCUT2D eigenvalue weighted by Crippen LogP contribution is -2.43. The van der Waals surface area contributed by atoms with Crippen LogP contribution in [0.4, 0.5) is 0 Å². The minimum absolute atomic E-state index is 0.000574. The molecule has 4 nitrogen and oxygen atoms in total. The van der Waals surface area contributed by atoms with Crippen molar-refractivity contribution in [3.63, 3.8) is 0 Å². The summed E-state index contributed by atoms with van der Waals surface area (Å²) in [5.41, 5.74) is 1.08. The molecule has 0 aromatic rings. The summed E-state index contributed by atoms with van der Waals surface area (Å²) in [6.45, 7) is 4.00. The first-order valence-electron chi connectivity index (χ1n) is 8.07. The maximum atomic E-state index is 12.0. The summed E-state index contributed by atoms with van der Waals surface area (Å²) >= 11 is 0. The van der Waals surface area contributed by atoms with E-state index in [9.17, 15) is 9.59 Å². The Bertz CT molecular complexity index is 413. The molecule has 2 N–H and O–H groups in total. The number of allylic oxidation sites excluding steroid dienone is 3. The number of hydrogen-bond donors (Lipinski definition) is 2. The van der Waals surface area contributed by atoms with Crippen molar-refractivity contribution >= 4 is 11.8 Å². The van der Waals surface area contributed by atoms with E-state index < -0.39 is 0 Å². The highest BCUT2D eigenvalue weighted by atomic mass is 16.2. The van der Waals surface area contributed by atoms with Crippen LogP contribution >= 0.6 is 0 Å². The van der Waals surface area contributed by atoms with E-state index in [1.165, 1.54) is 0 Å². The van der Waals surface area contributed by atoms with E-state index in [-0.39, 0.29) is 23.8 Å². The van der Waals surface area contributed by atoms with Gasteiger partial charge in [0.05, 0.1) is 12.3 Å². The summed E-state index contributed by atoms with van der Waals surface area (Å²) in [7, 11) is 1.65. The molecular formula is C17H28N2O2. The highest BCUT2D eigenvalue weighted by molar-refractivity contribution is 5.83. The first-order chi connectivity index (χ1) is 10.2. The van der Waals surface area contributed by atoms with E-state index in [0.29, 0.717) is 6.42 Å². The van der Waals surface area contributed by atoms with Crippen LogP contribution in [0.2, 0.25) is 0 Å². The van der Waals surface area contributed by atoms with Gasteiger partial charge in [0.1, 0.15) is 0 Å². The second kappa shape index (κ2) is 9.37. The predicted molar refractivity (Wildman–Crippen MR) is 85.8 cm³/mol. The third-order valence-electron chi connectivity index (χ3n) is 3.88. The Hall–Kier alpha value is -1.58. The van der Waals surface area contributed by atoms with Crippen LogP contribution in [0.15, 0.2) is 23.8 Å². The molecule has 0 aromatic heterocycles. The topological polar surface area (TPSA) is 58.2 Å². The van der Waals surface area contributed by atoms with Gasteiger partial charge in [0.15, 0.2) is 0 Å². The van der Waals surface area contributed by atoms with Gasteiger partial charge in [-0.15, -0.1) is 0 Å². The Morgan fingerprint density at radius 1 is 1.24 bits per heavy atom. The lowest BCUT2D eigenvalue weighted by atomic mass is 10.0. The molecule has 2 aliphatic carbocycles. The molecule has 0 heterocycles. The largest absolute Gasteiger partial charge is 0.359 e. The van der Waals surface area contributed by atoms with Crippen LogP contribution in [-0.2, 0) is 9.59 Å². The lowest BCUT2D eigenvalue weighted by Gasteiger charge is -2.20. The van der Waals surface area contributed by atoms with Gasteiger partial charge in [0.2, 0.25) is 11.8 Å². The van der Waals surface area contributed by atoms with Crippen molar-refractivity contribution < 1.29 is 9.59 Å². The Balaban J connectivity index is 0.00000106. The van der Waals surface area contributed by atoms with Crippen LogP contribution in [0, 0.1) is 5.92 Å². The molecule has 0 aromatic carbocycles. The first kappa shape index (κ1) is 17.5. The Morgan fingerprint density at radius 2 is 2.00 bits per heavy atom. The van der Waals surface area contributed by atoms with Crippen LogP contribution in [0.5, 0.6) is 0 Å². The number of hydrogen-bond acceptors (Lipinski definition) is 2. The summed E-state index contributed by atoms with van der Waals surface area (Å²) in [5, 5.41) is 5.70. The Kier molecular flexibility index (Phi) is 7.80. The molecule has 0 spiro atoms. The van der Waals surface area contributed by atoms with Gasteiger partial charge in [-0.05, 0) is 31.3 Å². The van der Waals surface area contributed by atoms with E-state index in [0.717, 1.165) is 37.7 Å². The zero-order valence-electron chi connectivity index (χ0n) is 13.4. The van der Waals surface area contributed by atoms with Crippen LogP contribution < -0.4 is 10.6 Å². The smallest absolute Gasteiger partial charge is 0.224 e. The molecule has 0 bridgehead atoms. The molecule has 4 heteroatoms. The number of amides is 2. The highest BCUT2D eigenvalue weighted by Gasteiger charge is 2.33. The standard InChI is InChI=1S/C15H22N2O2.C2H6/c1-16-15(19)12-8-5-9-13(12)17-14(18)10-11-6-3-2-4-7-11;1-2/h3,6-7,12-13H,2,4-5,8-10H2,1H3,(H,16,19)(H,17,18);1-2H3. The fraction of sp³-hybridized carbons (Fsp3) is 0.647. The zero-order chi connectivity index (χ0) is 15.7. The van der Waals surface area contributed by atoms with Crippen molar-refractivity contribution in [3.8, 4) is 0 Å². The van der Waals surface area contributed by atoms with Gasteiger partial charge in [-0.3, -0.25) is 9.59 Å². The predicted octanol–water partition coefficient (Wildman–Crippen LogP) is 2.71. The summed E-state index contributed by atoms with van der Waals surface area (Å²) in [5.74, 6) is 0.00279. The average Bonchev–Trinajstić information content (AvgIpc) is 2.97. The Labute approximate surface area is 128 Å². The second-order valence-corrected chi connectivity index (χ2v) is 5.26. The third-order valence-corrected chi connectivity index (χ3v) is 3.88. The van der Waals surface area contributed by atoms with Gasteiger partial charge >= 0.3 is 0 Å². The first-order valence-corrected chi connectivity index (χ1v) is 8.07. The van der Waals surface area contributed by atoms with Crippen LogP contribution in [0.1, 0.15) is 52.4 Å². The van der Waals surface area contributed by atoms with Crippen LogP contribution in [0.3, 0.4) is 0 Å². The van der Waals surface area contributed by atoms with E-state index in [1.54, 1.807) is 7.05 Å². The molecule has 0 saturated heterocycles. The molecule has 118 valence electrons. The van der Waals surface area contributed by atoms with Gasteiger partial charge in [-0.25, -0.2) is 0 Å². The van der Waals surface area contributed by atoms with Gasteiger partial charge in [-0.1, -0.05) is 38.5 Å². The van der Waals surface area contributed by atoms with Crippen molar-refractivity contribution in [3.05, 3.63) is 23.8 Å². The van der Waals surface area contributed by atoms with Crippen molar-refractivity contribution in [2.24, 2.45) is 5.92 Å². The summed E-state index contributed by atoms with van der Waals surface area (Å²) in [4.78, 5) is 23.7. The number of nitrogens with one attached hydrogen (secondary N) is 2. The summed E-state index contributed by atoms with van der Waals surface area (Å²) in [6.07, 6.45) is 11.5. The molecular weight excluding hydrogens is 264 g/mol. The van der Waals surface area contributed by atoms with Crippen molar-refractivity contribution in [1.82, 2.24) is 10.6 Å². The van der Waals surface area contributed by atoms with Crippen LogP contribution in [0.25, 0.3) is 0 Å². The monoisotopic (exact) mass is 292 g/mol. The minimum atomic E-state index is -0.0650. The maximum Gasteiger partial charge on any atom is 0.224 e. The van der Waals surface area contributed by atoms with Gasteiger partial charge < -0.3 is 10.6 Å². The van der Waals surface area contributed by atoms with Crippen molar-refractivity contribution in [1.29, 1.82) is 0 Å². The highest BCUT2D eigenvalue weighted by Crippen LogP contribution is 2.26. The van der Waals surface area contributed by atoms with Gasteiger partial charge in [0.25, 0.3) is 0 Å². The Morgan fingerprint density at radius 3 is 2.62 bits per heavy atom. The molecule has 2 rings (SSSR count). The lowest BCUT2D eigenvalue weighted by molar-refractivity contribution is -0.126. The van der Waals surface area contributed by atoms with E-state index in [1.807, 2.05) is 19.9 Å². The van der Waals surface area contributed by atoms with E-state index in [4.69, 9.17) is 0 Å². The molecule has 2 amide bonds. The van der Waals surface area contributed by atoms with Crippen LogP contribution in [-0.4, -0.2) is 24.9 Å². The molecule has 0 radical (unpaired) electrons. The molecule has 2 aliphatic rings. The fourth-order valence-corrected chi connectivity index (χ4v) is 2.87. The average molecular weight is 292 g/mol. The SMILES string of the molecule is CC.CNC(=O)C1CCCC1NC(=O)CC1=CCCC=C1. The van der Waals surface area contributed by atoms with E-state index >= 15 is 0 Å². The summed E-state index contributed by atoms with van der Waals surface area (Å²) in [6, 6.07) is 0.000574. The zero-order valence-corrected chi connectivity index (χ0v) is 13.4. The van der Waals surface area contributed by atoms with Crippen molar-refractivity contribution in [2.45, 2.75) is 58.4 Å². The number of carbonyl (C=O) groups excluding carboxylic acids is 2. The van der Waals surface area contributed by atoms with Gasteiger partial charge in [0, 0.05) is 13.1 Å². The number of rotatable bonds is 4. The second-order valence-electron chi connectivity index (χ2n) is 5.26. The van der Waals surface area contributed by atoms with Crippen molar-refractivity contribution in [2.75, 3.05) is 7.05 Å².